The van der Waals surface area contributed by atoms with E-state index < -0.39 is 0 Å². The fourth-order valence-corrected chi connectivity index (χ4v) is 3.82. The molecule has 1 aliphatic carbocycles. The Morgan fingerprint density at radius 3 is 2.53 bits per heavy atom. The van der Waals surface area contributed by atoms with Crippen molar-refractivity contribution < 1.29 is 28.5 Å². The van der Waals surface area contributed by atoms with Crippen LogP contribution in [-0.4, -0.2) is 51.2 Å². The van der Waals surface area contributed by atoms with Crippen LogP contribution < -0.4 is 14.2 Å². The SMILES string of the molecule is COc1ccc(-c2ccc3c(c2)CCC3=O)c(OCCOC(=O)CCSC)c1OC. The normalized spacial score (nSPS) is 12.4. The van der Waals surface area contributed by atoms with Gasteiger partial charge in [0.05, 0.1) is 20.6 Å². The number of carbonyl (C=O) groups is 2. The fourth-order valence-electron chi connectivity index (χ4n) is 3.45. The second-order valence-electron chi connectivity index (χ2n) is 6.78. The number of fused-ring (bicyclic) bond motifs is 1. The summed E-state index contributed by atoms with van der Waals surface area (Å²) in [5, 5.41) is 0. The van der Waals surface area contributed by atoms with E-state index >= 15 is 0 Å². The third-order valence-electron chi connectivity index (χ3n) is 4.94. The van der Waals surface area contributed by atoms with Gasteiger partial charge in [-0.3, -0.25) is 9.59 Å². The number of ketones is 1. The Hall–Kier alpha value is -2.67. The second kappa shape index (κ2) is 10.4. The lowest BCUT2D eigenvalue weighted by Gasteiger charge is -2.18. The summed E-state index contributed by atoms with van der Waals surface area (Å²) in [6, 6.07) is 9.53. The fraction of sp³-hybridized carbons (Fsp3) is 0.391. The predicted octanol–water partition coefficient (Wildman–Crippen LogP) is 4.17. The van der Waals surface area contributed by atoms with E-state index in [9.17, 15) is 9.59 Å². The summed E-state index contributed by atoms with van der Waals surface area (Å²) in [6.45, 7) is 0.330. The van der Waals surface area contributed by atoms with Gasteiger partial charge in [0.1, 0.15) is 13.2 Å². The maximum atomic E-state index is 12.0. The summed E-state index contributed by atoms with van der Waals surface area (Å²) in [7, 11) is 3.12. The summed E-state index contributed by atoms with van der Waals surface area (Å²) < 4.78 is 22.2. The van der Waals surface area contributed by atoms with Crippen LogP contribution in [0.3, 0.4) is 0 Å². The molecule has 3 rings (SSSR count). The highest BCUT2D eigenvalue weighted by Crippen LogP contribution is 2.45. The van der Waals surface area contributed by atoms with Gasteiger partial charge in [-0.25, -0.2) is 0 Å². The Morgan fingerprint density at radius 2 is 1.80 bits per heavy atom. The molecule has 30 heavy (non-hydrogen) atoms. The van der Waals surface area contributed by atoms with Crippen molar-refractivity contribution in [3.05, 3.63) is 41.5 Å². The number of esters is 1. The van der Waals surface area contributed by atoms with Crippen LogP contribution in [0.25, 0.3) is 11.1 Å². The highest BCUT2D eigenvalue weighted by Gasteiger charge is 2.22. The molecule has 0 unspecified atom stereocenters. The number of ether oxygens (including phenoxy) is 4. The van der Waals surface area contributed by atoms with Crippen LogP contribution in [0.4, 0.5) is 0 Å². The molecule has 0 saturated heterocycles. The molecule has 160 valence electrons. The number of methoxy groups -OCH3 is 2. The van der Waals surface area contributed by atoms with Crippen molar-refractivity contribution in [2.75, 3.05) is 39.4 Å². The van der Waals surface area contributed by atoms with Gasteiger partial charge in [-0.15, -0.1) is 0 Å². The van der Waals surface area contributed by atoms with Crippen LogP contribution >= 0.6 is 11.8 Å². The Kier molecular flexibility index (Phi) is 7.63. The third-order valence-corrected chi connectivity index (χ3v) is 5.55. The van der Waals surface area contributed by atoms with Gasteiger partial charge in [-0.1, -0.05) is 18.2 Å². The number of benzene rings is 2. The first-order chi connectivity index (χ1) is 14.6. The highest BCUT2D eigenvalue weighted by molar-refractivity contribution is 7.98. The molecule has 0 heterocycles. The Labute approximate surface area is 180 Å². The molecule has 0 amide bonds. The minimum Gasteiger partial charge on any atom is -0.493 e. The molecule has 0 N–H and O–H groups in total. The smallest absolute Gasteiger partial charge is 0.306 e. The van der Waals surface area contributed by atoms with Crippen molar-refractivity contribution in [3.8, 4) is 28.4 Å². The number of Topliss-reactive ketones (excluding diaryl/α,β-unsaturated/α-hetero) is 1. The maximum Gasteiger partial charge on any atom is 0.306 e. The molecule has 0 fully saturated rings. The quantitative estimate of drug-likeness (QED) is 0.414. The van der Waals surface area contributed by atoms with E-state index in [-0.39, 0.29) is 25.0 Å². The van der Waals surface area contributed by atoms with Crippen LogP contribution in [-0.2, 0) is 16.0 Å². The molecule has 6 nitrogen and oxygen atoms in total. The minimum absolute atomic E-state index is 0.145. The third kappa shape index (κ3) is 4.90. The van der Waals surface area contributed by atoms with Crippen molar-refractivity contribution in [1.29, 1.82) is 0 Å². The zero-order chi connectivity index (χ0) is 21.5. The molecule has 1 aliphatic rings. The number of aryl methyl sites for hydroxylation is 1. The summed E-state index contributed by atoms with van der Waals surface area (Å²) in [5.74, 6) is 2.21. The van der Waals surface area contributed by atoms with E-state index in [4.69, 9.17) is 18.9 Å². The lowest BCUT2D eigenvalue weighted by molar-refractivity contribution is -0.143. The Morgan fingerprint density at radius 1 is 1.00 bits per heavy atom. The summed E-state index contributed by atoms with van der Waals surface area (Å²) >= 11 is 1.60. The van der Waals surface area contributed by atoms with Crippen molar-refractivity contribution in [1.82, 2.24) is 0 Å². The number of hydrogen-bond acceptors (Lipinski definition) is 7. The predicted molar refractivity (Wildman–Crippen MR) is 117 cm³/mol. The Bertz CT molecular complexity index is 924. The van der Waals surface area contributed by atoms with Gasteiger partial charge in [0, 0.05) is 23.3 Å². The van der Waals surface area contributed by atoms with E-state index in [1.807, 2.05) is 36.6 Å². The zero-order valence-corrected chi connectivity index (χ0v) is 18.3. The highest BCUT2D eigenvalue weighted by atomic mass is 32.2. The zero-order valence-electron chi connectivity index (χ0n) is 17.5. The first-order valence-electron chi connectivity index (χ1n) is 9.77. The van der Waals surface area contributed by atoms with Crippen LogP contribution in [0.2, 0.25) is 0 Å². The molecule has 0 atom stereocenters. The number of rotatable bonds is 10. The van der Waals surface area contributed by atoms with Gasteiger partial charge >= 0.3 is 5.97 Å². The van der Waals surface area contributed by atoms with E-state index in [1.54, 1.807) is 26.0 Å². The van der Waals surface area contributed by atoms with Gasteiger partial charge in [0.15, 0.2) is 17.3 Å². The van der Waals surface area contributed by atoms with Gasteiger partial charge in [0.25, 0.3) is 0 Å². The van der Waals surface area contributed by atoms with E-state index in [0.717, 1.165) is 34.4 Å². The monoisotopic (exact) mass is 430 g/mol. The van der Waals surface area contributed by atoms with Gasteiger partial charge in [-0.05, 0) is 35.9 Å². The van der Waals surface area contributed by atoms with E-state index in [0.29, 0.717) is 30.1 Å². The van der Waals surface area contributed by atoms with Gasteiger partial charge in [0.2, 0.25) is 5.75 Å². The van der Waals surface area contributed by atoms with Crippen molar-refractivity contribution in [2.45, 2.75) is 19.3 Å². The molecule has 7 heteroatoms. The maximum absolute atomic E-state index is 12.0. The summed E-state index contributed by atoms with van der Waals surface area (Å²) in [5.41, 5.74) is 3.58. The minimum atomic E-state index is -0.242. The second-order valence-corrected chi connectivity index (χ2v) is 7.77. The van der Waals surface area contributed by atoms with Gasteiger partial charge in [-0.2, -0.15) is 11.8 Å². The molecule has 0 radical (unpaired) electrons. The standard InChI is InChI=1S/C23H26O6S/c1-26-20-9-7-18(16-4-6-17-15(14-16)5-8-19(17)24)22(23(20)27-2)29-12-11-28-21(25)10-13-30-3/h4,6-7,9,14H,5,8,10-13H2,1-3H3. The molecule has 0 aliphatic heterocycles. The van der Waals surface area contributed by atoms with Crippen molar-refractivity contribution >= 4 is 23.5 Å². The molecule has 0 saturated carbocycles. The average Bonchev–Trinajstić information content (AvgIpc) is 3.14. The molecular weight excluding hydrogens is 404 g/mol. The molecule has 0 aromatic heterocycles. The summed E-state index contributed by atoms with van der Waals surface area (Å²) in [4.78, 5) is 23.7. The Balaban J connectivity index is 1.83. The van der Waals surface area contributed by atoms with Crippen LogP contribution in [0.5, 0.6) is 17.2 Å². The number of carbonyl (C=O) groups excluding carboxylic acids is 2. The molecule has 2 aromatic rings. The van der Waals surface area contributed by atoms with E-state index in [2.05, 4.69) is 0 Å². The van der Waals surface area contributed by atoms with Gasteiger partial charge < -0.3 is 18.9 Å². The lowest BCUT2D eigenvalue weighted by atomic mass is 9.99. The van der Waals surface area contributed by atoms with Crippen molar-refractivity contribution in [2.24, 2.45) is 0 Å². The largest absolute Gasteiger partial charge is 0.493 e. The van der Waals surface area contributed by atoms with Crippen LogP contribution in [0, 0.1) is 0 Å². The molecule has 0 bridgehead atoms. The molecular formula is C23H26O6S. The van der Waals surface area contributed by atoms with E-state index in [1.165, 1.54) is 0 Å². The first-order valence-corrected chi connectivity index (χ1v) is 11.2. The summed E-state index contributed by atoms with van der Waals surface area (Å²) in [6.07, 6.45) is 3.62. The lowest BCUT2D eigenvalue weighted by Crippen LogP contribution is -2.13. The first kappa shape index (κ1) is 22.0. The van der Waals surface area contributed by atoms with Crippen LogP contribution in [0.15, 0.2) is 30.3 Å². The average molecular weight is 431 g/mol. The topological polar surface area (TPSA) is 71.1 Å². The number of thioether (sulfide) groups is 1. The van der Waals surface area contributed by atoms with Crippen LogP contribution in [0.1, 0.15) is 28.8 Å². The number of hydrogen-bond donors (Lipinski definition) is 0. The van der Waals surface area contributed by atoms with Crippen molar-refractivity contribution in [3.63, 3.8) is 0 Å². The molecule has 2 aromatic carbocycles. The molecule has 0 spiro atoms.